The first-order valence-electron chi connectivity index (χ1n) is 5.70. The molecule has 0 fully saturated rings. The lowest BCUT2D eigenvalue weighted by Crippen LogP contribution is -2.22. The second-order valence-electron chi connectivity index (χ2n) is 3.70. The molecule has 1 N–H and O–H groups in total. The van der Waals surface area contributed by atoms with Crippen molar-refractivity contribution in [1.29, 1.82) is 0 Å². The van der Waals surface area contributed by atoms with Crippen molar-refractivity contribution in [3.8, 4) is 0 Å². The van der Waals surface area contributed by atoms with Crippen molar-refractivity contribution >= 4 is 9.28 Å². The molecule has 0 aliphatic rings. The third-order valence-electron chi connectivity index (χ3n) is 2.23. The van der Waals surface area contributed by atoms with Gasteiger partial charge in [0.25, 0.3) is 0 Å². The van der Waals surface area contributed by atoms with E-state index < -0.39 is 15.4 Å². The highest BCUT2D eigenvalue weighted by Gasteiger charge is 2.11. The zero-order valence-corrected chi connectivity index (χ0v) is 11.1. The monoisotopic (exact) mass is 240 g/mol. The Morgan fingerprint density at radius 3 is 2.56 bits per heavy atom. The number of hydrogen-bond donors (Lipinski definition) is 1. The highest BCUT2D eigenvalue weighted by Crippen LogP contribution is 2.12. The van der Waals surface area contributed by atoms with E-state index in [4.69, 9.17) is 8.85 Å². The molecule has 0 saturated heterocycles. The molecule has 1 aromatic carbocycles. The summed E-state index contributed by atoms with van der Waals surface area (Å²) in [6.45, 7) is 5.11. The minimum Gasteiger partial charge on any atom is -0.397 e. The summed E-state index contributed by atoms with van der Waals surface area (Å²) in [5.41, 5.74) is 0.888. The third kappa shape index (κ3) is 4.89. The largest absolute Gasteiger partial charge is 0.397 e. The second kappa shape index (κ2) is 7.57. The van der Waals surface area contributed by atoms with E-state index in [0.29, 0.717) is 6.61 Å². The summed E-state index contributed by atoms with van der Waals surface area (Å²) in [4.78, 5) is 0. The summed E-state index contributed by atoms with van der Waals surface area (Å²) in [7, 11) is -1.56. The van der Waals surface area contributed by atoms with Crippen molar-refractivity contribution < 1.29 is 14.0 Å². The van der Waals surface area contributed by atoms with Crippen LogP contribution in [-0.2, 0) is 8.85 Å². The van der Waals surface area contributed by atoms with Gasteiger partial charge in [-0.1, -0.05) is 37.3 Å². The molecule has 0 aliphatic carbocycles. The number of rotatable bonds is 7. The fraction of sp³-hybridized carbons (Fsp3) is 0.500. The van der Waals surface area contributed by atoms with Crippen molar-refractivity contribution in [1.82, 2.24) is 0 Å². The fourth-order valence-corrected chi connectivity index (χ4v) is 2.45. The number of benzene rings is 1. The maximum absolute atomic E-state index is 9.84. The summed E-state index contributed by atoms with van der Waals surface area (Å²) >= 11 is 0. The molecule has 0 heterocycles. The van der Waals surface area contributed by atoms with Crippen LogP contribution in [0.15, 0.2) is 30.3 Å². The van der Waals surface area contributed by atoms with Gasteiger partial charge in [0.1, 0.15) is 6.10 Å². The number of aliphatic hydroxyl groups is 1. The van der Waals surface area contributed by atoms with Gasteiger partial charge < -0.3 is 14.0 Å². The zero-order chi connectivity index (χ0) is 11.8. The molecule has 16 heavy (non-hydrogen) atoms. The van der Waals surface area contributed by atoms with Crippen LogP contribution in [0.4, 0.5) is 0 Å². The summed E-state index contributed by atoms with van der Waals surface area (Å²) in [5, 5.41) is 9.84. The molecule has 0 saturated carbocycles. The van der Waals surface area contributed by atoms with Crippen molar-refractivity contribution in [2.75, 3.05) is 13.2 Å². The van der Waals surface area contributed by atoms with Crippen molar-refractivity contribution in [2.24, 2.45) is 0 Å². The van der Waals surface area contributed by atoms with Gasteiger partial charge >= 0.3 is 9.28 Å². The minimum absolute atomic E-state index is 0.321. The number of aliphatic hydroxyl groups excluding tert-OH is 1. The first-order valence-corrected chi connectivity index (χ1v) is 7.80. The van der Waals surface area contributed by atoms with Crippen LogP contribution in [0.3, 0.4) is 0 Å². The van der Waals surface area contributed by atoms with Crippen LogP contribution in [0, 0.1) is 0 Å². The lowest BCUT2D eigenvalue weighted by molar-refractivity contribution is 0.0878. The van der Waals surface area contributed by atoms with E-state index in [-0.39, 0.29) is 0 Å². The topological polar surface area (TPSA) is 38.7 Å². The van der Waals surface area contributed by atoms with Crippen molar-refractivity contribution in [3.63, 3.8) is 0 Å². The van der Waals surface area contributed by atoms with E-state index in [1.807, 2.05) is 36.9 Å². The molecule has 0 aromatic heterocycles. The average Bonchev–Trinajstić information content (AvgIpc) is 2.34. The van der Waals surface area contributed by atoms with E-state index >= 15 is 0 Å². The maximum atomic E-state index is 9.84. The Hall–Kier alpha value is -0.683. The molecule has 0 amide bonds. The van der Waals surface area contributed by atoms with Gasteiger partial charge in [0.05, 0.1) is 6.61 Å². The average molecular weight is 240 g/mol. The molecule has 0 radical (unpaired) electrons. The Kier molecular flexibility index (Phi) is 6.33. The van der Waals surface area contributed by atoms with Crippen LogP contribution in [0.5, 0.6) is 0 Å². The van der Waals surface area contributed by atoms with Crippen LogP contribution in [0.2, 0.25) is 6.55 Å². The molecule has 0 aliphatic heterocycles. The van der Waals surface area contributed by atoms with Crippen molar-refractivity contribution in [2.45, 2.75) is 26.0 Å². The van der Waals surface area contributed by atoms with Gasteiger partial charge in [-0.15, -0.1) is 0 Å². The molecule has 2 atom stereocenters. The SMILES string of the molecule is CCCO[SiH](C)OCC(O)c1ccccc1. The first kappa shape index (κ1) is 13.4. The molecule has 0 spiro atoms. The van der Waals surface area contributed by atoms with E-state index in [0.717, 1.165) is 18.6 Å². The molecule has 90 valence electrons. The van der Waals surface area contributed by atoms with E-state index in [9.17, 15) is 5.11 Å². The summed E-state index contributed by atoms with van der Waals surface area (Å²) in [6, 6.07) is 9.54. The normalized spacial score (nSPS) is 14.7. The van der Waals surface area contributed by atoms with Crippen molar-refractivity contribution in [3.05, 3.63) is 35.9 Å². The quantitative estimate of drug-likeness (QED) is 0.741. The Morgan fingerprint density at radius 2 is 1.94 bits per heavy atom. The molecule has 3 nitrogen and oxygen atoms in total. The highest BCUT2D eigenvalue weighted by molar-refractivity contribution is 6.42. The van der Waals surface area contributed by atoms with Gasteiger partial charge in [-0.3, -0.25) is 0 Å². The summed E-state index contributed by atoms with van der Waals surface area (Å²) in [5.74, 6) is 0. The summed E-state index contributed by atoms with van der Waals surface area (Å²) < 4.78 is 11.0. The van der Waals surface area contributed by atoms with Gasteiger partial charge in [0, 0.05) is 6.61 Å². The van der Waals surface area contributed by atoms with Gasteiger partial charge in [-0.25, -0.2) is 0 Å². The smallest absolute Gasteiger partial charge is 0.318 e. The standard InChI is InChI=1S/C12H20O3Si/c1-3-9-14-16(2)15-10-12(13)11-7-5-4-6-8-11/h4-8,12-13,16H,3,9-10H2,1-2H3. The fourth-order valence-electron chi connectivity index (χ4n) is 1.33. The molecule has 2 unspecified atom stereocenters. The predicted molar refractivity (Wildman–Crippen MR) is 66.6 cm³/mol. The van der Waals surface area contributed by atoms with Gasteiger partial charge in [-0.05, 0) is 18.5 Å². The lowest BCUT2D eigenvalue weighted by atomic mass is 10.1. The van der Waals surface area contributed by atoms with Gasteiger partial charge in [-0.2, -0.15) is 0 Å². The van der Waals surface area contributed by atoms with Gasteiger partial charge in [0.2, 0.25) is 0 Å². The molecular formula is C12H20O3Si. The zero-order valence-electron chi connectivity index (χ0n) is 9.93. The highest BCUT2D eigenvalue weighted by atomic mass is 28.3. The van der Waals surface area contributed by atoms with E-state index in [2.05, 4.69) is 6.92 Å². The first-order chi connectivity index (χ1) is 7.74. The van der Waals surface area contributed by atoms with Crippen LogP contribution in [0.1, 0.15) is 25.0 Å². The Balaban J connectivity index is 2.27. The summed E-state index contributed by atoms with van der Waals surface area (Å²) in [6.07, 6.45) is 0.448. The molecule has 4 heteroatoms. The molecule has 1 aromatic rings. The second-order valence-corrected chi connectivity index (χ2v) is 5.50. The molecule has 1 rings (SSSR count). The van der Waals surface area contributed by atoms with Crippen LogP contribution >= 0.6 is 0 Å². The van der Waals surface area contributed by atoms with E-state index in [1.54, 1.807) is 0 Å². The molecular weight excluding hydrogens is 220 g/mol. The van der Waals surface area contributed by atoms with Crippen LogP contribution in [-0.4, -0.2) is 27.6 Å². The third-order valence-corrected chi connectivity index (χ3v) is 3.60. The van der Waals surface area contributed by atoms with Crippen LogP contribution in [0.25, 0.3) is 0 Å². The predicted octanol–water partition coefficient (Wildman–Crippen LogP) is 2.01. The Labute approximate surface area is 98.9 Å². The minimum atomic E-state index is -1.56. The van der Waals surface area contributed by atoms with Gasteiger partial charge in [0.15, 0.2) is 0 Å². The lowest BCUT2D eigenvalue weighted by Gasteiger charge is -2.15. The van der Waals surface area contributed by atoms with Crippen LogP contribution < -0.4 is 0 Å². The Morgan fingerprint density at radius 1 is 1.25 bits per heavy atom. The maximum Gasteiger partial charge on any atom is 0.318 e. The molecule has 0 bridgehead atoms. The Bertz CT molecular complexity index is 279. The van der Waals surface area contributed by atoms with E-state index in [1.165, 1.54) is 0 Å². The number of hydrogen-bond acceptors (Lipinski definition) is 3.